The van der Waals surface area contributed by atoms with E-state index in [2.05, 4.69) is 5.43 Å². The number of hydrogen-bond donors (Lipinski definition) is 4. The van der Waals surface area contributed by atoms with E-state index >= 15 is 0 Å². The molecule has 0 aromatic heterocycles. The number of carboxylic acids is 1. The number of nitrogens with zero attached hydrogens (tertiary/aromatic N) is 1. The summed E-state index contributed by atoms with van der Waals surface area (Å²) in [6.07, 6.45) is 9.12. The number of carboxylic acid groups (broad SMARTS) is 1. The maximum atomic E-state index is 10.5. The van der Waals surface area contributed by atoms with Gasteiger partial charge in [0.05, 0.1) is 12.3 Å². The lowest BCUT2D eigenvalue weighted by molar-refractivity contribution is -0.137. The van der Waals surface area contributed by atoms with Crippen molar-refractivity contribution < 1.29 is 14.6 Å². The molecule has 6 N–H and O–H groups in total. The van der Waals surface area contributed by atoms with Gasteiger partial charge in [-0.15, -0.1) is 0 Å². The van der Waals surface area contributed by atoms with E-state index in [4.69, 9.17) is 26.7 Å². The normalized spacial score (nSPS) is 12.8. The first-order chi connectivity index (χ1) is 14.0. The zero-order chi connectivity index (χ0) is 21.6. The first-order valence-corrected chi connectivity index (χ1v) is 9.77. The van der Waals surface area contributed by atoms with Crippen LogP contribution in [0.5, 0.6) is 0 Å². The quantitative estimate of drug-likeness (QED) is 0.217. The number of rotatable bonds is 9. The number of aliphatic carboxylic acids is 1. The van der Waals surface area contributed by atoms with Gasteiger partial charge >= 0.3 is 5.97 Å². The van der Waals surface area contributed by atoms with Gasteiger partial charge in [0, 0.05) is 12.0 Å². The first kappa shape index (κ1) is 23.8. The van der Waals surface area contributed by atoms with Crippen LogP contribution < -0.4 is 17.0 Å². The first-order valence-electron chi connectivity index (χ1n) is 9.77. The van der Waals surface area contributed by atoms with Crippen molar-refractivity contribution in [3.8, 4) is 6.07 Å². The number of nitrogens with one attached hydrogen (secondary N) is 1. The smallest absolute Gasteiger partial charge is 0.303 e. The van der Waals surface area contributed by atoms with Crippen molar-refractivity contribution in [3.63, 3.8) is 0 Å². The van der Waals surface area contributed by atoms with E-state index in [9.17, 15) is 4.79 Å². The van der Waals surface area contributed by atoms with Crippen molar-refractivity contribution >= 4 is 17.7 Å². The molecule has 1 aliphatic carbocycles. The van der Waals surface area contributed by atoms with Crippen molar-refractivity contribution in [2.45, 2.75) is 46.0 Å². The molecular weight excluding hydrogens is 368 g/mol. The summed E-state index contributed by atoms with van der Waals surface area (Å²) >= 11 is 0. The molecule has 0 saturated carbocycles. The number of hydrogen-bond acceptors (Lipinski definition) is 6. The Hall–Kier alpha value is -3.24. The second-order valence-corrected chi connectivity index (χ2v) is 6.16. The summed E-state index contributed by atoms with van der Waals surface area (Å²) in [5, 5.41) is 17.7. The highest BCUT2D eigenvalue weighted by Gasteiger charge is 2.10. The van der Waals surface area contributed by atoms with Gasteiger partial charge in [-0.2, -0.15) is 5.26 Å². The molecule has 156 valence electrons. The second-order valence-electron chi connectivity index (χ2n) is 6.16. The minimum atomic E-state index is -0.763. The molecule has 0 radical (unpaired) electrons. The van der Waals surface area contributed by atoms with E-state index < -0.39 is 5.97 Å². The largest absolute Gasteiger partial charge is 0.494 e. The van der Waals surface area contributed by atoms with Gasteiger partial charge in [0.1, 0.15) is 11.8 Å². The van der Waals surface area contributed by atoms with Crippen LogP contribution in [0.15, 0.2) is 41.8 Å². The Morgan fingerprint density at radius 1 is 1.31 bits per heavy atom. The van der Waals surface area contributed by atoms with Crippen LogP contribution in [0.1, 0.15) is 56.2 Å². The number of nitriles is 1. The fourth-order valence-electron chi connectivity index (χ4n) is 2.74. The molecule has 1 aliphatic rings. The average Bonchev–Trinajstić information content (AvgIpc) is 2.94. The number of unbranched alkanes of at least 4 members (excludes halogenated alkanes) is 2. The standard InChI is InChI=1S/C20H24N4O3.C2H6/c21-13-18(24-23)20(22)16-9-8-15-12-17(6-4-5-14(15)11-16)27-10-3-1-2-7-19(25)26;1-2/h4,6,8-9,11-12,24H,1-3,5,7,10,22-23H2,(H,25,26);1-2H3/b20-18-;. The van der Waals surface area contributed by atoms with Crippen LogP contribution in [0.3, 0.4) is 0 Å². The van der Waals surface area contributed by atoms with Gasteiger partial charge in [-0.1, -0.05) is 32.1 Å². The number of carbonyl (C=O) groups is 1. The molecule has 0 unspecified atom stereocenters. The SMILES string of the molecule is CC.N#C/C(NN)=C(/N)c1ccc2c(c1)CC=CC(OCCCCCC(=O)O)=C2. The molecule has 0 spiro atoms. The van der Waals surface area contributed by atoms with Crippen LogP contribution in [-0.4, -0.2) is 17.7 Å². The Balaban J connectivity index is 0.00000204. The third kappa shape index (κ3) is 7.72. The molecule has 7 heteroatoms. The van der Waals surface area contributed by atoms with Crippen LogP contribution in [0.25, 0.3) is 11.8 Å². The number of benzene rings is 1. The van der Waals surface area contributed by atoms with Gasteiger partial charge < -0.3 is 21.0 Å². The Bertz CT molecular complexity index is 820. The van der Waals surface area contributed by atoms with Gasteiger partial charge in [-0.3, -0.25) is 4.79 Å². The molecule has 0 bridgehead atoms. The van der Waals surface area contributed by atoms with E-state index in [1.165, 1.54) is 0 Å². The minimum Gasteiger partial charge on any atom is -0.494 e. The zero-order valence-corrected chi connectivity index (χ0v) is 17.1. The highest BCUT2D eigenvalue weighted by molar-refractivity contribution is 5.71. The summed E-state index contributed by atoms with van der Waals surface area (Å²) in [6, 6.07) is 7.65. The van der Waals surface area contributed by atoms with Gasteiger partial charge in [0.2, 0.25) is 0 Å². The molecule has 0 heterocycles. The van der Waals surface area contributed by atoms with E-state index in [1.807, 2.05) is 56.3 Å². The number of nitrogens with two attached hydrogens (primary N) is 2. The van der Waals surface area contributed by atoms with Gasteiger partial charge in [0.25, 0.3) is 0 Å². The Labute approximate surface area is 172 Å². The minimum absolute atomic E-state index is 0.126. The molecule has 0 saturated heterocycles. The number of allylic oxidation sites excluding steroid dienone is 3. The maximum absolute atomic E-state index is 10.5. The zero-order valence-electron chi connectivity index (χ0n) is 17.1. The lowest BCUT2D eigenvalue weighted by Crippen LogP contribution is -2.23. The maximum Gasteiger partial charge on any atom is 0.303 e. The van der Waals surface area contributed by atoms with Crippen LogP contribution >= 0.6 is 0 Å². The molecule has 0 amide bonds. The summed E-state index contributed by atoms with van der Waals surface area (Å²) in [4.78, 5) is 10.5. The fraction of sp³-hybridized carbons (Fsp3) is 0.364. The van der Waals surface area contributed by atoms with E-state index in [0.29, 0.717) is 18.7 Å². The van der Waals surface area contributed by atoms with E-state index in [0.717, 1.165) is 41.7 Å². The molecule has 29 heavy (non-hydrogen) atoms. The molecule has 0 aliphatic heterocycles. The molecule has 2 rings (SSSR count). The molecule has 1 aromatic rings. The number of fused-ring (bicyclic) bond motifs is 1. The number of hydrazine groups is 1. The lowest BCUT2D eigenvalue weighted by Gasteiger charge is -2.10. The van der Waals surface area contributed by atoms with Gasteiger partial charge in [-0.25, -0.2) is 5.84 Å². The van der Waals surface area contributed by atoms with Crippen molar-refractivity contribution in [1.82, 2.24) is 5.43 Å². The number of ether oxygens (including phenoxy) is 1. The Kier molecular flexibility index (Phi) is 10.7. The predicted molar refractivity (Wildman–Crippen MR) is 115 cm³/mol. The highest BCUT2D eigenvalue weighted by atomic mass is 16.5. The average molecular weight is 399 g/mol. The summed E-state index contributed by atoms with van der Waals surface area (Å²) in [6.45, 7) is 4.55. The Morgan fingerprint density at radius 3 is 2.72 bits per heavy atom. The van der Waals surface area contributed by atoms with Crippen LogP contribution in [-0.2, 0) is 16.0 Å². The highest BCUT2D eigenvalue weighted by Crippen LogP contribution is 2.23. The van der Waals surface area contributed by atoms with Crippen LogP contribution in [0.2, 0.25) is 0 Å². The van der Waals surface area contributed by atoms with Crippen molar-refractivity contribution in [3.05, 3.63) is 58.5 Å². The molecular formula is C22H30N4O3. The van der Waals surface area contributed by atoms with Crippen LogP contribution in [0, 0.1) is 11.3 Å². The Morgan fingerprint density at radius 2 is 2.07 bits per heavy atom. The molecule has 0 fully saturated rings. The third-order valence-electron chi connectivity index (χ3n) is 4.20. The van der Waals surface area contributed by atoms with Gasteiger partial charge in [0.15, 0.2) is 5.70 Å². The summed E-state index contributed by atoms with van der Waals surface area (Å²) < 4.78 is 5.80. The van der Waals surface area contributed by atoms with Gasteiger partial charge in [-0.05, 0) is 55.0 Å². The van der Waals surface area contributed by atoms with E-state index in [-0.39, 0.29) is 12.1 Å². The third-order valence-corrected chi connectivity index (χ3v) is 4.20. The van der Waals surface area contributed by atoms with Crippen molar-refractivity contribution in [2.75, 3.05) is 6.61 Å². The molecule has 0 atom stereocenters. The lowest BCUT2D eigenvalue weighted by atomic mass is 10.00. The van der Waals surface area contributed by atoms with E-state index in [1.54, 1.807) is 0 Å². The molecule has 1 aromatic carbocycles. The monoisotopic (exact) mass is 398 g/mol. The summed E-state index contributed by atoms with van der Waals surface area (Å²) in [5.41, 5.74) is 11.6. The topological polar surface area (TPSA) is 134 Å². The molecule has 7 nitrogen and oxygen atoms in total. The van der Waals surface area contributed by atoms with Crippen LogP contribution in [0.4, 0.5) is 0 Å². The van der Waals surface area contributed by atoms with Crippen molar-refractivity contribution in [1.29, 1.82) is 5.26 Å². The summed E-state index contributed by atoms with van der Waals surface area (Å²) in [7, 11) is 0. The predicted octanol–water partition coefficient (Wildman–Crippen LogP) is 3.44. The van der Waals surface area contributed by atoms with Crippen molar-refractivity contribution in [2.24, 2.45) is 11.6 Å². The summed E-state index contributed by atoms with van der Waals surface area (Å²) in [5.74, 6) is 5.32. The second kappa shape index (κ2) is 13.0. The fourth-order valence-corrected chi connectivity index (χ4v) is 2.74.